The molecule has 0 radical (unpaired) electrons. The maximum absolute atomic E-state index is 12.7. The van der Waals surface area contributed by atoms with E-state index < -0.39 is 0 Å². The van der Waals surface area contributed by atoms with Crippen LogP contribution >= 0.6 is 0 Å². The van der Waals surface area contributed by atoms with Gasteiger partial charge in [0.2, 0.25) is 0 Å². The molecule has 0 spiro atoms. The second-order valence-corrected chi connectivity index (χ2v) is 7.37. The summed E-state index contributed by atoms with van der Waals surface area (Å²) < 4.78 is 11.3. The summed E-state index contributed by atoms with van der Waals surface area (Å²) in [5.41, 5.74) is 1.79. The molecule has 0 bridgehead atoms. The van der Waals surface area contributed by atoms with Crippen LogP contribution in [0.5, 0.6) is 23.0 Å². The number of phenols is 1. The van der Waals surface area contributed by atoms with Crippen LogP contribution < -0.4 is 14.8 Å². The van der Waals surface area contributed by atoms with E-state index in [1.54, 1.807) is 55.0 Å². The van der Waals surface area contributed by atoms with Gasteiger partial charge in [0.05, 0.1) is 24.5 Å². The minimum absolute atomic E-state index is 0.00521. The van der Waals surface area contributed by atoms with Crippen LogP contribution in [0.4, 0.5) is 5.69 Å². The van der Waals surface area contributed by atoms with Gasteiger partial charge < -0.3 is 19.9 Å². The molecule has 1 amide bonds. The van der Waals surface area contributed by atoms with Gasteiger partial charge in [-0.15, -0.1) is 0 Å². The summed E-state index contributed by atoms with van der Waals surface area (Å²) in [6.07, 6.45) is 4.88. The molecule has 0 fully saturated rings. The fourth-order valence-electron chi connectivity index (χ4n) is 3.59. The van der Waals surface area contributed by atoms with E-state index >= 15 is 0 Å². The quantitative estimate of drug-likeness (QED) is 0.375. The Bertz CT molecular complexity index is 1490. The molecule has 3 aromatic carbocycles. The number of methoxy groups -OCH3 is 1. The number of aromatic hydroxyl groups is 1. The Hall–Kier alpha value is -4.65. The number of carbonyl (C=O) groups excluding carboxylic acids is 1. The predicted molar refractivity (Wildman–Crippen MR) is 126 cm³/mol. The molecule has 0 unspecified atom stereocenters. The third-order valence-corrected chi connectivity index (χ3v) is 5.22. The number of pyridine rings is 2. The summed E-state index contributed by atoms with van der Waals surface area (Å²) in [6.45, 7) is 0. The number of phenolic OH excluding ortho intramolecular Hbond substituents is 1. The van der Waals surface area contributed by atoms with Crippen molar-refractivity contribution in [3.05, 3.63) is 90.9 Å². The van der Waals surface area contributed by atoms with E-state index in [4.69, 9.17) is 9.47 Å². The Morgan fingerprint density at radius 3 is 2.64 bits per heavy atom. The molecule has 2 aromatic heterocycles. The number of aromatic nitrogens is 2. The van der Waals surface area contributed by atoms with Gasteiger partial charge in [0, 0.05) is 29.4 Å². The van der Waals surface area contributed by atoms with Gasteiger partial charge in [0.1, 0.15) is 11.5 Å². The highest BCUT2D eigenvalue weighted by Gasteiger charge is 2.11. The number of hydrogen-bond donors (Lipinski definition) is 2. The molecule has 0 aliphatic carbocycles. The molecule has 2 N–H and O–H groups in total. The van der Waals surface area contributed by atoms with Gasteiger partial charge in [-0.25, -0.2) is 0 Å². The number of amides is 1. The van der Waals surface area contributed by atoms with Gasteiger partial charge >= 0.3 is 0 Å². The maximum Gasteiger partial charge on any atom is 0.255 e. The third-order valence-electron chi connectivity index (χ3n) is 5.22. The topological polar surface area (TPSA) is 93.6 Å². The third kappa shape index (κ3) is 4.12. The van der Waals surface area contributed by atoms with Crippen LogP contribution in [-0.2, 0) is 0 Å². The summed E-state index contributed by atoms with van der Waals surface area (Å²) >= 11 is 0. The first kappa shape index (κ1) is 20.3. The highest BCUT2D eigenvalue weighted by Crippen LogP contribution is 2.36. The van der Waals surface area contributed by atoms with Crippen LogP contribution in [-0.4, -0.2) is 28.1 Å². The number of nitrogens with one attached hydrogen (secondary N) is 1. The Labute approximate surface area is 189 Å². The average Bonchev–Trinajstić information content (AvgIpc) is 2.84. The Morgan fingerprint density at radius 1 is 0.939 bits per heavy atom. The molecule has 7 heteroatoms. The van der Waals surface area contributed by atoms with Crippen molar-refractivity contribution < 1.29 is 19.4 Å². The number of anilines is 1. The minimum Gasteiger partial charge on any atom is -0.504 e. The maximum atomic E-state index is 12.7. The number of benzene rings is 3. The predicted octanol–water partition coefficient (Wildman–Crippen LogP) is 5.54. The number of fused-ring (bicyclic) bond motifs is 2. The zero-order valence-electron chi connectivity index (χ0n) is 17.6. The van der Waals surface area contributed by atoms with Crippen molar-refractivity contribution in [1.82, 2.24) is 9.97 Å². The van der Waals surface area contributed by atoms with Crippen molar-refractivity contribution in [2.75, 3.05) is 12.4 Å². The van der Waals surface area contributed by atoms with Crippen LogP contribution in [0.25, 0.3) is 21.7 Å². The number of nitrogens with zero attached hydrogens (tertiary/aromatic N) is 2. The fraction of sp³-hybridized carbons (Fsp3) is 0.0385. The van der Waals surface area contributed by atoms with E-state index in [1.165, 1.54) is 7.11 Å². The Morgan fingerprint density at radius 2 is 1.82 bits per heavy atom. The summed E-state index contributed by atoms with van der Waals surface area (Å²) in [5, 5.41) is 15.5. The van der Waals surface area contributed by atoms with E-state index in [9.17, 15) is 9.90 Å². The van der Waals surface area contributed by atoms with E-state index in [-0.39, 0.29) is 11.7 Å². The van der Waals surface area contributed by atoms with Crippen LogP contribution in [0.1, 0.15) is 10.4 Å². The molecule has 5 aromatic rings. The van der Waals surface area contributed by atoms with Crippen LogP contribution in [0.3, 0.4) is 0 Å². The molecule has 0 atom stereocenters. The molecule has 0 aliphatic heterocycles. The molecule has 0 aliphatic rings. The summed E-state index contributed by atoms with van der Waals surface area (Å²) in [7, 11) is 1.49. The summed E-state index contributed by atoms with van der Waals surface area (Å²) in [5.74, 6) is 1.26. The van der Waals surface area contributed by atoms with Crippen molar-refractivity contribution in [1.29, 1.82) is 0 Å². The second-order valence-electron chi connectivity index (χ2n) is 7.37. The highest BCUT2D eigenvalue weighted by atomic mass is 16.5. The molecule has 33 heavy (non-hydrogen) atoms. The van der Waals surface area contributed by atoms with Gasteiger partial charge in [0.25, 0.3) is 5.91 Å². The summed E-state index contributed by atoms with van der Waals surface area (Å²) in [4.78, 5) is 21.0. The standard InChI is InChI=1S/C26H19N3O4/c1-32-25-14-22-21(13-23(25)30)24(8-10-28-22)33-20-7-6-16-4-5-17(11-18(16)12-20)26(31)29-19-3-2-9-27-15-19/h2-15,30H,1H3,(H,29,31). The highest BCUT2D eigenvalue weighted by molar-refractivity contribution is 6.06. The lowest BCUT2D eigenvalue weighted by atomic mass is 10.1. The van der Waals surface area contributed by atoms with E-state index in [0.29, 0.717) is 39.4 Å². The van der Waals surface area contributed by atoms with E-state index in [0.717, 1.165) is 10.8 Å². The zero-order chi connectivity index (χ0) is 22.8. The van der Waals surface area contributed by atoms with E-state index in [1.807, 2.05) is 30.3 Å². The first-order valence-corrected chi connectivity index (χ1v) is 10.2. The first-order chi connectivity index (χ1) is 16.1. The average molecular weight is 437 g/mol. The van der Waals surface area contributed by atoms with Crippen molar-refractivity contribution in [2.45, 2.75) is 0 Å². The monoisotopic (exact) mass is 437 g/mol. The van der Waals surface area contributed by atoms with E-state index in [2.05, 4.69) is 15.3 Å². The fourth-order valence-corrected chi connectivity index (χ4v) is 3.59. The number of carbonyl (C=O) groups is 1. The molecular weight excluding hydrogens is 418 g/mol. The van der Waals surface area contributed by atoms with Crippen LogP contribution in [0, 0.1) is 0 Å². The van der Waals surface area contributed by atoms with Crippen molar-refractivity contribution in [3.63, 3.8) is 0 Å². The molecule has 2 heterocycles. The molecule has 7 nitrogen and oxygen atoms in total. The minimum atomic E-state index is -0.222. The number of ether oxygens (including phenoxy) is 2. The first-order valence-electron chi connectivity index (χ1n) is 10.2. The van der Waals surface area contributed by atoms with Crippen molar-refractivity contribution in [2.24, 2.45) is 0 Å². The molecular formula is C26H19N3O4. The SMILES string of the molecule is COc1cc2nccc(Oc3ccc4ccc(C(=O)Nc5cccnc5)cc4c3)c2cc1O. The molecule has 162 valence electrons. The Kier molecular flexibility index (Phi) is 5.20. The number of rotatable bonds is 5. The van der Waals surface area contributed by atoms with Crippen LogP contribution in [0.2, 0.25) is 0 Å². The zero-order valence-corrected chi connectivity index (χ0v) is 17.6. The lowest BCUT2D eigenvalue weighted by Gasteiger charge is -2.11. The lowest BCUT2D eigenvalue weighted by Crippen LogP contribution is -2.11. The number of hydrogen-bond acceptors (Lipinski definition) is 6. The summed E-state index contributed by atoms with van der Waals surface area (Å²) in [6, 6.07) is 19.6. The smallest absolute Gasteiger partial charge is 0.255 e. The van der Waals surface area contributed by atoms with Crippen molar-refractivity contribution in [3.8, 4) is 23.0 Å². The van der Waals surface area contributed by atoms with Gasteiger partial charge in [-0.1, -0.05) is 12.1 Å². The largest absolute Gasteiger partial charge is 0.504 e. The molecule has 0 saturated heterocycles. The van der Waals surface area contributed by atoms with Crippen molar-refractivity contribution >= 4 is 33.3 Å². The normalized spacial score (nSPS) is 10.8. The van der Waals surface area contributed by atoms with Gasteiger partial charge in [0.15, 0.2) is 11.5 Å². The Balaban J connectivity index is 1.46. The van der Waals surface area contributed by atoms with Gasteiger partial charge in [-0.2, -0.15) is 0 Å². The molecule has 5 rings (SSSR count). The van der Waals surface area contributed by atoms with Gasteiger partial charge in [-0.05, 0) is 59.3 Å². The van der Waals surface area contributed by atoms with Gasteiger partial charge in [-0.3, -0.25) is 14.8 Å². The second kappa shape index (κ2) is 8.47. The van der Waals surface area contributed by atoms with Crippen LogP contribution in [0.15, 0.2) is 85.3 Å². The lowest BCUT2D eigenvalue weighted by molar-refractivity contribution is 0.102. The molecule has 0 saturated carbocycles.